The molecule has 0 N–H and O–H groups in total. The fraction of sp³-hybridized carbons (Fsp3) is 0.0455. The van der Waals surface area contributed by atoms with Gasteiger partial charge in [-0.25, -0.2) is 4.98 Å². The lowest BCUT2D eigenvalue weighted by Crippen LogP contribution is -2.12. The molecule has 1 aliphatic rings. The quantitative estimate of drug-likeness (QED) is 0.187. The normalized spacial score (nSPS) is 12.6. The van der Waals surface area contributed by atoms with Crippen molar-refractivity contribution < 1.29 is 0 Å². The van der Waals surface area contributed by atoms with Crippen LogP contribution in [0.4, 0.5) is 0 Å². The average Bonchev–Trinajstić information content (AvgIpc) is 3.71. The van der Waals surface area contributed by atoms with Crippen molar-refractivity contribution in [3.63, 3.8) is 0 Å². The number of hydrogen-bond donors (Lipinski definition) is 0. The minimum Gasteiger partial charge on any atom is -0.282 e. The van der Waals surface area contributed by atoms with Gasteiger partial charge >= 0.3 is 0 Å². The minimum absolute atomic E-state index is 0.569. The maximum absolute atomic E-state index is 5.33. The Labute approximate surface area is 288 Å². The van der Waals surface area contributed by atoms with E-state index in [1.54, 1.807) is 0 Å². The highest BCUT2D eigenvalue weighted by molar-refractivity contribution is 6.09. The van der Waals surface area contributed by atoms with Crippen LogP contribution in [-0.2, 0) is 6.42 Å². The summed E-state index contributed by atoms with van der Waals surface area (Å²) >= 11 is 0. The minimum atomic E-state index is 0.569. The maximum Gasteiger partial charge on any atom is 0.240 e. The molecule has 0 saturated carbocycles. The van der Waals surface area contributed by atoms with Crippen LogP contribution in [-0.4, -0.2) is 29.1 Å². The summed E-state index contributed by atoms with van der Waals surface area (Å²) < 4.78 is 4.42. The molecular formula is C44H30N6. The molecule has 0 fully saturated rings. The zero-order valence-corrected chi connectivity index (χ0v) is 27.1. The molecule has 5 aromatic carbocycles. The fourth-order valence-corrected chi connectivity index (χ4v) is 7.39. The molecule has 0 bridgehead atoms. The summed E-state index contributed by atoms with van der Waals surface area (Å²) in [6.45, 7) is 0. The Bertz CT molecular complexity index is 2650. The van der Waals surface area contributed by atoms with E-state index in [2.05, 4.69) is 130 Å². The molecule has 10 rings (SSSR count). The van der Waals surface area contributed by atoms with Gasteiger partial charge in [0.05, 0.1) is 27.9 Å². The highest BCUT2D eigenvalue weighted by Crippen LogP contribution is 2.36. The largest absolute Gasteiger partial charge is 0.282 e. The molecule has 0 unspecified atom stereocenters. The Kier molecular flexibility index (Phi) is 6.52. The molecule has 236 valence electrons. The van der Waals surface area contributed by atoms with Crippen molar-refractivity contribution in [2.75, 3.05) is 0 Å². The van der Waals surface area contributed by atoms with E-state index in [-0.39, 0.29) is 0 Å². The standard InChI is InChI=1S/C44H30N6/c1-3-15-29(16-4-1)36-27-31(28-37(45-36)30-17-5-2-6-18-30)42-46-43(49-38-23-11-7-19-32(38)33-20-8-12-24-39(33)49)48-44(47-42)50-40-25-13-9-21-34(40)35-22-10-14-26-41(35)50/h1-13,15-25,27-28H,14,26H2. The first-order chi connectivity index (χ1) is 24.8. The number of hydrogen-bond acceptors (Lipinski definition) is 4. The van der Waals surface area contributed by atoms with E-state index in [1.165, 1.54) is 16.6 Å². The van der Waals surface area contributed by atoms with E-state index < -0.39 is 0 Å². The molecular weight excluding hydrogens is 613 g/mol. The van der Waals surface area contributed by atoms with E-state index in [4.69, 9.17) is 19.9 Å². The third kappa shape index (κ3) is 4.57. The molecule has 6 heteroatoms. The number of para-hydroxylation sites is 3. The molecule has 0 atom stereocenters. The number of aromatic nitrogens is 6. The highest BCUT2D eigenvalue weighted by atomic mass is 15.3. The average molecular weight is 643 g/mol. The monoisotopic (exact) mass is 642 g/mol. The lowest BCUT2D eigenvalue weighted by molar-refractivity contribution is 0.822. The topological polar surface area (TPSA) is 61.4 Å². The van der Waals surface area contributed by atoms with E-state index in [1.807, 2.05) is 36.4 Å². The number of allylic oxidation sites excluding steroid dienone is 1. The van der Waals surface area contributed by atoms with Crippen LogP contribution < -0.4 is 0 Å². The number of rotatable bonds is 5. The first-order valence-electron chi connectivity index (χ1n) is 17.0. The molecule has 0 spiro atoms. The van der Waals surface area contributed by atoms with Gasteiger partial charge < -0.3 is 0 Å². The van der Waals surface area contributed by atoms with Gasteiger partial charge in [0.25, 0.3) is 0 Å². The van der Waals surface area contributed by atoms with Crippen molar-refractivity contribution in [1.82, 2.24) is 29.1 Å². The lowest BCUT2D eigenvalue weighted by atomic mass is 10.0. The Balaban J connectivity index is 1.30. The van der Waals surface area contributed by atoms with Crippen molar-refractivity contribution in [2.45, 2.75) is 12.8 Å². The van der Waals surface area contributed by atoms with Gasteiger partial charge in [0.2, 0.25) is 11.9 Å². The summed E-state index contributed by atoms with van der Waals surface area (Å²) in [5.41, 5.74) is 10.3. The van der Waals surface area contributed by atoms with Crippen LogP contribution in [0.15, 0.2) is 152 Å². The van der Waals surface area contributed by atoms with Crippen molar-refractivity contribution in [3.8, 4) is 45.8 Å². The van der Waals surface area contributed by atoms with Crippen LogP contribution in [0, 0.1) is 0 Å². The molecule has 9 aromatic rings. The lowest BCUT2D eigenvalue weighted by Gasteiger charge is -2.15. The second kappa shape index (κ2) is 11.5. The van der Waals surface area contributed by atoms with Gasteiger partial charge in [0.15, 0.2) is 5.82 Å². The second-order valence-corrected chi connectivity index (χ2v) is 12.6. The molecule has 1 aliphatic carbocycles. The van der Waals surface area contributed by atoms with E-state index in [9.17, 15) is 0 Å². The third-order valence-electron chi connectivity index (χ3n) is 9.66. The Morgan fingerprint density at radius 3 is 1.54 bits per heavy atom. The Morgan fingerprint density at radius 1 is 0.440 bits per heavy atom. The Morgan fingerprint density at radius 2 is 0.940 bits per heavy atom. The van der Waals surface area contributed by atoms with Crippen LogP contribution in [0.2, 0.25) is 0 Å². The third-order valence-corrected chi connectivity index (χ3v) is 9.66. The van der Waals surface area contributed by atoms with Gasteiger partial charge in [-0.3, -0.25) is 9.13 Å². The van der Waals surface area contributed by atoms with Gasteiger partial charge in [-0.2, -0.15) is 15.0 Å². The number of benzene rings is 5. The summed E-state index contributed by atoms with van der Waals surface area (Å²) in [4.78, 5) is 21.1. The second-order valence-electron chi connectivity index (χ2n) is 12.6. The van der Waals surface area contributed by atoms with Crippen LogP contribution in [0.25, 0.3) is 84.6 Å². The SMILES string of the molecule is C1=Cc2c(n(-c3nc(-c4cc(-c5ccccc5)nc(-c5ccccc5)c4)nc(-n4c5ccccc5c5ccccc54)n3)c3ccccc23)CC1. The number of nitrogens with zero attached hydrogens (tertiary/aromatic N) is 6. The zero-order valence-electron chi connectivity index (χ0n) is 27.1. The van der Waals surface area contributed by atoms with Crippen LogP contribution in [0.3, 0.4) is 0 Å². The first kappa shape index (κ1) is 28.4. The van der Waals surface area contributed by atoms with Crippen molar-refractivity contribution >= 4 is 38.8 Å². The summed E-state index contributed by atoms with van der Waals surface area (Å²) in [7, 11) is 0. The van der Waals surface area contributed by atoms with Gasteiger partial charge in [-0.15, -0.1) is 0 Å². The summed E-state index contributed by atoms with van der Waals surface area (Å²) in [6.07, 6.45) is 6.37. The summed E-state index contributed by atoms with van der Waals surface area (Å²) in [5.74, 6) is 1.75. The summed E-state index contributed by atoms with van der Waals surface area (Å²) in [6, 6.07) is 50.3. The maximum atomic E-state index is 5.33. The van der Waals surface area contributed by atoms with Gasteiger partial charge in [-0.1, -0.05) is 127 Å². The van der Waals surface area contributed by atoms with Crippen LogP contribution in [0.5, 0.6) is 0 Å². The van der Waals surface area contributed by atoms with Crippen LogP contribution >= 0.6 is 0 Å². The van der Waals surface area contributed by atoms with Gasteiger partial charge in [0.1, 0.15) is 0 Å². The van der Waals surface area contributed by atoms with Crippen LogP contribution in [0.1, 0.15) is 17.7 Å². The van der Waals surface area contributed by atoms with Crippen molar-refractivity contribution in [1.29, 1.82) is 0 Å². The fourth-order valence-electron chi connectivity index (χ4n) is 7.39. The van der Waals surface area contributed by atoms with Gasteiger partial charge in [-0.05, 0) is 43.2 Å². The van der Waals surface area contributed by atoms with Crippen molar-refractivity contribution in [2.24, 2.45) is 0 Å². The zero-order chi connectivity index (χ0) is 33.0. The highest BCUT2D eigenvalue weighted by Gasteiger charge is 2.23. The van der Waals surface area contributed by atoms with Gasteiger partial charge in [0, 0.05) is 44.1 Å². The number of pyridine rings is 1. The first-order valence-corrected chi connectivity index (χ1v) is 17.0. The molecule has 4 aromatic heterocycles. The predicted molar refractivity (Wildman–Crippen MR) is 202 cm³/mol. The van der Waals surface area contributed by atoms with Crippen molar-refractivity contribution in [3.05, 3.63) is 163 Å². The van der Waals surface area contributed by atoms with E-state index in [0.29, 0.717) is 17.7 Å². The molecule has 0 saturated heterocycles. The predicted octanol–water partition coefficient (Wildman–Crippen LogP) is 10.3. The molecule has 0 aliphatic heterocycles. The molecule has 4 heterocycles. The number of fused-ring (bicyclic) bond motifs is 6. The Hall–Kier alpha value is -6.66. The van der Waals surface area contributed by atoms with E-state index in [0.717, 1.165) is 68.2 Å². The van der Waals surface area contributed by atoms with E-state index >= 15 is 0 Å². The molecule has 0 amide bonds. The smallest absolute Gasteiger partial charge is 0.240 e. The summed E-state index contributed by atoms with van der Waals surface area (Å²) in [5, 5.41) is 3.50. The molecule has 0 radical (unpaired) electrons. The molecule has 50 heavy (non-hydrogen) atoms. The molecule has 6 nitrogen and oxygen atoms in total.